The van der Waals surface area contributed by atoms with Gasteiger partial charge in [0.1, 0.15) is 5.56 Å². The van der Waals surface area contributed by atoms with Crippen LogP contribution in [-0.4, -0.2) is 15.6 Å². The molecule has 23 heavy (non-hydrogen) atoms. The minimum atomic E-state index is -0.628. The van der Waals surface area contributed by atoms with E-state index in [4.69, 9.17) is 0 Å². The first-order valence-electron chi connectivity index (χ1n) is 6.93. The predicted octanol–water partition coefficient (Wildman–Crippen LogP) is 3.80. The van der Waals surface area contributed by atoms with E-state index < -0.39 is 11.5 Å². The number of benzene rings is 1. The lowest BCUT2D eigenvalue weighted by Crippen LogP contribution is -2.29. The number of carbonyl (C=O) groups excluding carboxylic acids is 1. The fourth-order valence-corrected chi connectivity index (χ4v) is 3.65. The summed E-state index contributed by atoms with van der Waals surface area (Å²) in [4.78, 5) is 25.1. The van der Waals surface area contributed by atoms with Crippen molar-refractivity contribution >= 4 is 49.1 Å². The number of halogens is 1. The molecule has 3 rings (SSSR count). The number of hydrogen-bond acceptors (Lipinski definition) is 4. The van der Waals surface area contributed by atoms with Gasteiger partial charge in [-0.15, -0.1) is 11.3 Å². The highest BCUT2D eigenvalue weighted by molar-refractivity contribution is 9.10. The molecule has 0 bridgehead atoms. The number of thiophene rings is 1. The van der Waals surface area contributed by atoms with Crippen LogP contribution >= 0.6 is 27.3 Å². The number of hydrogen-bond donors (Lipinski definition) is 2. The van der Waals surface area contributed by atoms with E-state index in [1.54, 1.807) is 29.6 Å². The van der Waals surface area contributed by atoms with Crippen LogP contribution in [0.5, 0.6) is 5.75 Å². The molecule has 0 aliphatic rings. The highest BCUT2D eigenvalue weighted by Gasteiger charge is 2.23. The van der Waals surface area contributed by atoms with Gasteiger partial charge in [-0.2, -0.15) is 0 Å². The van der Waals surface area contributed by atoms with Crippen molar-refractivity contribution in [2.75, 3.05) is 5.32 Å². The van der Waals surface area contributed by atoms with Crippen LogP contribution in [0.4, 0.5) is 5.69 Å². The molecule has 3 aromatic rings. The van der Waals surface area contributed by atoms with Crippen LogP contribution in [0.3, 0.4) is 0 Å². The van der Waals surface area contributed by atoms with Crippen LogP contribution in [0.1, 0.15) is 17.3 Å². The van der Waals surface area contributed by atoms with Crippen LogP contribution in [0.25, 0.3) is 10.2 Å². The number of aryl methyl sites for hydroxylation is 1. The number of aromatic nitrogens is 1. The standard InChI is InChI=1S/C16H13BrN2O3S/c1-2-19-11-7-8-23-14(11)13(20)12(16(19)22)15(21)18-10-6-4-3-5-9(10)17/h3-8,20H,2H2,1H3,(H,18,21). The molecule has 0 spiro atoms. The number of amides is 1. The van der Waals surface area contributed by atoms with Crippen molar-refractivity contribution in [3.05, 3.63) is 56.1 Å². The normalized spacial score (nSPS) is 10.9. The van der Waals surface area contributed by atoms with Gasteiger partial charge in [-0.25, -0.2) is 0 Å². The summed E-state index contributed by atoms with van der Waals surface area (Å²) >= 11 is 4.63. The summed E-state index contributed by atoms with van der Waals surface area (Å²) in [5.41, 5.74) is 0.432. The molecule has 2 heterocycles. The minimum Gasteiger partial charge on any atom is -0.505 e. The molecule has 118 valence electrons. The first kappa shape index (κ1) is 15.8. The summed E-state index contributed by atoms with van der Waals surface area (Å²) < 4.78 is 2.71. The molecule has 5 nitrogen and oxygen atoms in total. The Morgan fingerprint density at radius 2 is 2.09 bits per heavy atom. The Morgan fingerprint density at radius 1 is 1.35 bits per heavy atom. The van der Waals surface area contributed by atoms with Crippen LogP contribution in [-0.2, 0) is 6.54 Å². The molecule has 1 amide bonds. The Bertz CT molecular complexity index is 962. The lowest BCUT2D eigenvalue weighted by Gasteiger charge is -2.12. The van der Waals surface area contributed by atoms with Crippen molar-refractivity contribution in [1.82, 2.24) is 4.57 Å². The van der Waals surface area contributed by atoms with Gasteiger partial charge in [0.05, 0.1) is 15.9 Å². The van der Waals surface area contributed by atoms with E-state index in [2.05, 4.69) is 21.2 Å². The highest BCUT2D eigenvalue weighted by atomic mass is 79.9. The summed E-state index contributed by atoms with van der Waals surface area (Å²) in [6, 6.07) is 8.84. The third kappa shape index (κ3) is 2.66. The number of para-hydroxylation sites is 1. The average Bonchev–Trinajstić information content (AvgIpc) is 3.00. The molecule has 0 saturated heterocycles. The molecule has 0 radical (unpaired) electrons. The van der Waals surface area contributed by atoms with E-state index in [1.807, 2.05) is 13.0 Å². The Balaban J connectivity index is 2.14. The molecule has 0 atom stereocenters. The molecule has 0 unspecified atom stereocenters. The molecular formula is C16H13BrN2O3S. The minimum absolute atomic E-state index is 0.238. The number of carbonyl (C=O) groups is 1. The van der Waals surface area contributed by atoms with Crippen LogP contribution in [0, 0.1) is 0 Å². The first-order chi connectivity index (χ1) is 11.0. The van der Waals surface area contributed by atoms with E-state index >= 15 is 0 Å². The fraction of sp³-hybridized carbons (Fsp3) is 0.125. The number of fused-ring (bicyclic) bond motifs is 1. The quantitative estimate of drug-likeness (QED) is 0.711. The zero-order valence-electron chi connectivity index (χ0n) is 12.2. The van der Waals surface area contributed by atoms with Gasteiger partial charge in [-0.05, 0) is 46.4 Å². The summed E-state index contributed by atoms with van der Waals surface area (Å²) in [5.74, 6) is -0.897. The van der Waals surface area contributed by atoms with Crippen LogP contribution in [0.15, 0.2) is 45.0 Å². The van der Waals surface area contributed by atoms with Gasteiger partial charge in [0.2, 0.25) is 0 Å². The third-order valence-corrected chi connectivity index (χ3v) is 5.11. The Kier molecular flexibility index (Phi) is 4.23. The van der Waals surface area contributed by atoms with E-state index in [1.165, 1.54) is 15.9 Å². The molecule has 2 aromatic heterocycles. The number of pyridine rings is 1. The van der Waals surface area contributed by atoms with Crippen molar-refractivity contribution in [2.24, 2.45) is 0 Å². The third-order valence-electron chi connectivity index (χ3n) is 3.51. The molecular weight excluding hydrogens is 380 g/mol. The predicted molar refractivity (Wildman–Crippen MR) is 95.5 cm³/mol. The largest absolute Gasteiger partial charge is 0.505 e. The molecule has 1 aromatic carbocycles. The van der Waals surface area contributed by atoms with E-state index in [9.17, 15) is 14.7 Å². The molecule has 2 N–H and O–H groups in total. The topological polar surface area (TPSA) is 71.3 Å². The first-order valence-corrected chi connectivity index (χ1v) is 8.60. The second-order valence-electron chi connectivity index (χ2n) is 4.84. The monoisotopic (exact) mass is 392 g/mol. The maximum absolute atomic E-state index is 12.6. The van der Waals surface area contributed by atoms with Gasteiger partial charge < -0.3 is 15.0 Å². The number of nitrogens with one attached hydrogen (secondary N) is 1. The van der Waals surface area contributed by atoms with Crippen LogP contribution < -0.4 is 10.9 Å². The lowest BCUT2D eigenvalue weighted by atomic mass is 10.2. The average molecular weight is 393 g/mol. The van der Waals surface area contributed by atoms with Gasteiger partial charge in [0.25, 0.3) is 11.5 Å². The van der Waals surface area contributed by atoms with Gasteiger partial charge in [0.15, 0.2) is 5.75 Å². The Hall–Kier alpha value is -2.12. The molecule has 7 heteroatoms. The number of nitrogens with zero attached hydrogens (tertiary/aromatic N) is 1. The molecule has 0 fully saturated rings. The van der Waals surface area contributed by atoms with E-state index in [-0.39, 0.29) is 11.3 Å². The maximum Gasteiger partial charge on any atom is 0.267 e. The van der Waals surface area contributed by atoms with Crippen molar-refractivity contribution < 1.29 is 9.90 Å². The molecule has 0 aliphatic carbocycles. The highest BCUT2D eigenvalue weighted by Crippen LogP contribution is 2.32. The molecule has 0 aliphatic heterocycles. The Labute approximate surface area is 144 Å². The SMILES string of the molecule is CCn1c(=O)c(C(=O)Nc2ccccc2Br)c(O)c2sccc21. The van der Waals surface area contributed by atoms with Gasteiger partial charge in [-0.3, -0.25) is 9.59 Å². The number of rotatable bonds is 3. The fourth-order valence-electron chi connectivity index (χ4n) is 2.42. The maximum atomic E-state index is 12.6. The molecule has 0 saturated carbocycles. The van der Waals surface area contributed by atoms with Crippen LogP contribution in [0.2, 0.25) is 0 Å². The van der Waals surface area contributed by atoms with E-state index in [0.29, 0.717) is 26.9 Å². The summed E-state index contributed by atoms with van der Waals surface area (Å²) in [7, 11) is 0. The van der Waals surface area contributed by atoms with Gasteiger partial charge in [-0.1, -0.05) is 12.1 Å². The van der Waals surface area contributed by atoms with Crippen molar-refractivity contribution in [1.29, 1.82) is 0 Å². The summed E-state index contributed by atoms with van der Waals surface area (Å²) in [6.07, 6.45) is 0. The zero-order chi connectivity index (χ0) is 16.6. The van der Waals surface area contributed by atoms with Crippen molar-refractivity contribution in [2.45, 2.75) is 13.5 Å². The smallest absolute Gasteiger partial charge is 0.267 e. The van der Waals surface area contributed by atoms with Crippen molar-refractivity contribution in [3.8, 4) is 5.75 Å². The zero-order valence-corrected chi connectivity index (χ0v) is 14.6. The van der Waals surface area contributed by atoms with Crippen molar-refractivity contribution in [3.63, 3.8) is 0 Å². The van der Waals surface area contributed by atoms with Gasteiger partial charge >= 0.3 is 0 Å². The number of anilines is 1. The van der Waals surface area contributed by atoms with E-state index in [0.717, 1.165) is 0 Å². The Morgan fingerprint density at radius 3 is 2.78 bits per heavy atom. The second-order valence-corrected chi connectivity index (χ2v) is 6.61. The summed E-state index contributed by atoms with van der Waals surface area (Å²) in [6.45, 7) is 2.24. The number of aromatic hydroxyl groups is 1. The second kappa shape index (κ2) is 6.17. The lowest BCUT2D eigenvalue weighted by molar-refractivity contribution is 0.102. The summed E-state index contributed by atoms with van der Waals surface area (Å²) in [5, 5.41) is 14.8. The van der Waals surface area contributed by atoms with Gasteiger partial charge in [0, 0.05) is 11.0 Å².